The molecule has 7 atom stereocenters. The predicted molar refractivity (Wildman–Crippen MR) is 133 cm³/mol. The molecule has 0 radical (unpaired) electrons. The van der Waals surface area contributed by atoms with E-state index in [1.165, 1.54) is 12.7 Å². The van der Waals surface area contributed by atoms with Crippen LogP contribution in [0.2, 0.25) is 0 Å². The zero-order chi connectivity index (χ0) is 25.3. The van der Waals surface area contributed by atoms with Gasteiger partial charge in [0.25, 0.3) is 0 Å². The zero-order valence-electron chi connectivity index (χ0n) is 21.6. The molecule has 198 valence electrons. The molecule has 7 nitrogen and oxygen atoms in total. The van der Waals surface area contributed by atoms with Crippen LogP contribution in [0.25, 0.3) is 0 Å². The molecule has 3 fully saturated rings. The lowest BCUT2D eigenvalue weighted by Crippen LogP contribution is -2.30. The summed E-state index contributed by atoms with van der Waals surface area (Å²) in [5, 5.41) is 11.0. The van der Waals surface area contributed by atoms with Crippen LogP contribution in [-0.4, -0.2) is 49.3 Å². The van der Waals surface area contributed by atoms with Gasteiger partial charge < -0.3 is 24.1 Å². The number of rotatable bonds is 6. The monoisotopic (exact) mass is 500 g/mol. The van der Waals surface area contributed by atoms with Crippen molar-refractivity contribution in [2.75, 3.05) is 13.7 Å². The fourth-order valence-electron chi connectivity index (χ4n) is 7.42. The summed E-state index contributed by atoms with van der Waals surface area (Å²) in [5.74, 6) is 1.30. The van der Waals surface area contributed by atoms with Crippen molar-refractivity contribution < 1.29 is 33.6 Å². The van der Waals surface area contributed by atoms with Crippen LogP contribution in [0.5, 0.6) is 5.75 Å². The Morgan fingerprint density at radius 1 is 1.17 bits per heavy atom. The van der Waals surface area contributed by atoms with Crippen molar-refractivity contribution in [3.05, 3.63) is 29.3 Å². The molecule has 0 aromatic heterocycles. The average molecular weight is 501 g/mol. The van der Waals surface area contributed by atoms with Gasteiger partial charge in [-0.2, -0.15) is 0 Å². The van der Waals surface area contributed by atoms with Gasteiger partial charge in [0, 0.05) is 0 Å². The molecule has 1 aliphatic heterocycles. The summed E-state index contributed by atoms with van der Waals surface area (Å²) in [4.78, 5) is 24.0. The van der Waals surface area contributed by atoms with Crippen molar-refractivity contribution in [3.8, 4) is 5.75 Å². The van der Waals surface area contributed by atoms with E-state index in [1.807, 2.05) is 12.1 Å². The third-order valence-corrected chi connectivity index (χ3v) is 9.36. The van der Waals surface area contributed by atoms with Gasteiger partial charge in [0.2, 0.25) is 0 Å². The summed E-state index contributed by atoms with van der Waals surface area (Å²) in [6, 6.07) is 6.01. The molecule has 3 aliphatic carbocycles. The van der Waals surface area contributed by atoms with Crippen LogP contribution >= 0.6 is 0 Å². The largest absolute Gasteiger partial charge is 0.508 e. The first kappa shape index (κ1) is 25.4. The maximum Gasteiger partial charge on any atom is 0.508 e. The SMILES string of the molecule is COC(=O)COc1cccc2c1C[C@H]1C[C@@H](O)[C@H](CC[C@H]3CCCC4(C)CCC(C4)OC(=O)O3)[C@H]1C2. The molecular weight excluding hydrogens is 460 g/mol. The molecule has 1 aromatic rings. The number of benzene rings is 1. The van der Waals surface area contributed by atoms with Crippen LogP contribution in [0.4, 0.5) is 4.79 Å². The number of ether oxygens (including phenoxy) is 4. The van der Waals surface area contributed by atoms with Crippen LogP contribution in [0, 0.1) is 23.2 Å². The Bertz CT molecular complexity index is 961. The molecule has 0 amide bonds. The van der Waals surface area contributed by atoms with E-state index in [1.54, 1.807) is 0 Å². The topological polar surface area (TPSA) is 91.3 Å². The van der Waals surface area contributed by atoms with E-state index in [2.05, 4.69) is 13.0 Å². The first-order chi connectivity index (χ1) is 17.3. The van der Waals surface area contributed by atoms with Gasteiger partial charge >= 0.3 is 12.1 Å². The lowest BCUT2D eigenvalue weighted by atomic mass is 9.73. The highest BCUT2D eigenvalue weighted by Crippen LogP contribution is 2.49. The summed E-state index contributed by atoms with van der Waals surface area (Å²) < 4.78 is 21.9. The number of methoxy groups -OCH3 is 1. The number of cyclic esters (lactones) is 1. The smallest absolute Gasteiger partial charge is 0.482 e. The summed E-state index contributed by atoms with van der Waals surface area (Å²) >= 11 is 0. The number of carbonyl (C=O) groups excluding carboxylic acids is 2. The average Bonchev–Trinajstić information content (AvgIpc) is 3.36. The fraction of sp³-hybridized carbons (Fsp3) is 0.724. The second-order valence-corrected chi connectivity index (χ2v) is 11.8. The fourth-order valence-corrected chi connectivity index (χ4v) is 7.42. The number of carbonyl (C=O) groups is 2. The van der Waals surface area contributed by atoms with Crippen LogP contribution in [-0.2, 0) is 31.8 Å². The summed E-state index contributed by atoms with van der Waals surface area (Å²) in [5.41, 5.74) is 2.66. The number of fused-ring (bicyclic) bond motifs is 4. The molecular formula is C29H40O7. The van der Waals surface area contributed by atoms with Crippen molar-refractivity contribution in [3.63, 3.8) is 0 Å². The predicted octanol–water partition coefficient (Wildman–Crippen LogP) is 4.99. The molecule has 1 aromatic carbocycles. The third kappa shape index (κ3) is 5.51. The molecule has 4 aliphatic rings. The van der Waals surface area contributed by atoms with Gasteiger partial charge in [0.15, 0.2) is 6.61 Å². The van der Waals surface area contributed by atoms with E-state index < -0.39 is 12.1 Å². The van der Waals surface area contributed by atoms with Gasteiger partial charge in [0.05, 0.1) is 13.2 Å². The molecule has 1 heterocycles. The molecule has 1 N–H and O–H groups in total. The number of hydrogen-bond donors (Lipinski definition) is 1. The molecule has 0 spiro atoms. The highest BCUT2D eigenvalue weighted by Gasteiger charge is 2.45. The highest BCUT2D eigenvalue weighted by molar-refractivity contribution is 5.71. The van der Waals surface area contributed by atoms with Gasteiger partial charge in [-0.05, 0) is 111 Å². The minimum Gasteiger partial charge on any atom is -0.482 e. The van der Waals surface area contributed by atoms with Gasteiger partial charge in [-0.25, -0.2) is 9.59 Å². The number of aliphatic hydroxyl groups excluding tert-OH is 1. The van der Waals surface area contributed by atoms with Crippen LogP contribution in [0.3, 0.4) is 0 Å². The summed E-state index contributed by atoms with van der Waals surface area (Å²) in [7, 11) is 1.36. The van der Waals surface area contributed by atoms with E-state index in [0.717, 1.165) is 81.9 Å². The maximum atomic E-state index is 12.4. The molecule has 1 saturated heterocycles. The normalized spacial score (nSPS) is 35.7. The lowest BCUT2D eigenvalue weighted by molar-refractivity contribution is -0.142. The van der Waals surface area contributed by atoms with Crippen molar-refractivity contribution in [1.82, 2.24) is 0 Å². The first-order valence-electron chi connectivity index (χ1n) is 13.7. The lowest BCUT2D eigenvalue weighted by Gasteiger charge is -2.33. The Balaban J connectivity index is 1.22. The van der Waals surface area contributed by atoms with E-state index in [9.17, 15) is 14.7 Å². The number of hydrogen-bond acceptors (Lipinski definition) is 7. The van der Waals surface area contributed by atoms with Crippen LogP contribution in [0.1, 0.15) is 75.8 Å². The summed E-state index contributed by atoms with van der Waals surface area (Å²) in [6.45, 7) is 2.22. The van der Waals surface area contributed by atoms with Crippen molar-refractivity contribution in [2.24, 2.45) is 23.2 Å². The van der Waals surface area contributed by atoms with Crippen LogP contribution < -0.4 is 4.74 Å². The Morgan fingerprint density at radius 2 is 2.03 bits per heavy atom. The van der Waals surface area contributed by atoms with Crippen molar-refractivity contribution >= 4 is 12.1 Å². The third-order valence-electron chi connectivity index (χ3n) is 9.36. The molecule has 5 rings (SSSR count). The summed E-state index contributed by atoms with van der Waals surface area (Å²) in [6.07, 6.45) is 9.13. The second-order valence-electron chi connectivity index (χ2n) is 11.8. The van der Waals surface area contributed by atoms with Crippen molar-refractivity contribution in [2.45, 2.75) is 95.9 Å². The van der Waals surface area contributed by atoms with E-state index >= 15 is 0 Å². The van der Waals surface area contributed by atoms with Gasteiger partial charge in [0.1, 0.15) is 18.0 Å². The van der Waals surface area contributed by atoms with E-state index in [0.29, 0.717) is 11.8 Å². The Hall–Kier alpha value is -2.28. The molecule has 36 heavy (non-hydrogen) atoms. The first-order valence-corrected chi connectivity index (χ1v) is 13.7. The highest BCUT2D eigenvalue weighted by atomic mass is 16.7. The quantitative estimate of drug-likeness (QED) is 0.550. The van der Waals surface area contributed by atoms with Gasteiger partial charge in [-0.3, -0.25) is 0 Å². The van der Waals surface area contributed by atoms with Crippen molar-refractivity contribution in [1.29, 1.82) is 0 Å². The molecule has 2 unspecified atom stereocenters. The minimum absolute atomic E-state index is 0.0116. The van der Waals surface area contributed by atoms with Gasteiger partial charge in [-0.1, -0.05) is 19.1 Å². The van der Waals surface area contributed by atoms with E-state index in [-0.39, 0.29) is 36.3 Å². The zero-order valence-corrected chi connectivity index (χ0v) is 21.6. The Kier molecular flexibility index (Phi) is 7.47. The molecule has 2 bridgehead atoms. The Morgan fingerprint density at radius 3 is 2.86 bits per heavy atom. The van der Waals surface area contributed by atoms with Gasteiger partial charge in [-0.15, -0.1) is 0 Å². The standard InChI is InChI=1S/C29H40O7/c1-29-11-4-6-20(35-28(32)36-21(16-29)10-12-29)8-9-22-23-13-18-5-3-7-26(34-17-27(31)33-2)24(18)14-19(23)15-25(22)30/h3,5,7,19-23,25,30H,4,6,8-17H2,1-2H3/t19-,20+,21?,22+,23-,25+,29?/m0/s1. The number of aliphatic hydroxyl groups is 1. The molecule has 7 heteroatoms. The maximum absolute atomic E-state index is 12.4. The number of esters is 1. The minimum atomic E-state index is -0.521. The molecule has 2 saturated carbocycles. The van der Waals surface area contributed by atoms with E-state index in [4.69, 9.17) is 18.9 Å². The second kappa shape index (κ2) is 10.6. The van der Waals surface area contributed by atoms with Crippen LogP contribution in [0.15, 0.2) is 18.2 Å². The Labute approximate surface area is 213 Å².